The lowest BCUT2D eigenvalue weighted by Crippen LogP contribution is -2.26. The van der Waals surface area contributed by atoms with Gasteiger partial charge < -0.3 is 4.98 Å². The molecular weight excluding hydrogens is 206 g/mol. The van der Waals surface area contributed by atoms with Crippen LogP contribution in [0, 0.1) is 0 Å². The number of imidazole rings is 1. The number of H-pyrrole nitrogens is 1. The molecule has 0 unspecified atom stereocenters. The van der Waals surface area contributed by atoms with Gasteiger partial charge in [-0.1, -0.05) is 11.4 Å². The topological polar surface area (TPSA) is 75.3 Å². The van der Waals surface area contributed by atoms with Crippen LogP contribution in [-0.4, -0.2) is 37.0 Å². The Morgan fingerprint density at radius 1 is 1.64 bits per heavy atom. The molecular formula is C7H13N3O3S. The van der Waals surface area contributed by atoms with E-state index in [1.54, 1.807) is 0 Å². The summed E-state index contributed by atoms with van der Waals surface area (Å²) in [6.45, 7) is 1.88. The van der Waals surface area contributed by atoms with Crippen LogP contribution in [0.3, 0.4) is 0 Å². The van der Waals surface area contributed by atoms with Crippen LogP contribution in [-0.2, 0) is 21.3 Å². The summed E-state index contributed by atoms with van der Waals surface area (Å²) in [6, 6.07) is 0. The zero-order valence-electron chi connectivity index (χ0n) is 8.31. The second-order valence-electron chi connectivity index (χ2n) is 2.65. The van der Waals surface area contributed by atoms with Gasteiger partial charge >= 0.3 is 0 Å². The monoisotopic (exact) mass is 219 g/mol. The molecule has 14 heavy (non-hydrogen) atoms. The SMILES string of the molecule is CCc1ncc(S(=O)(=O)N(C)OC)[nH]1. The van der Waals surface area contributed by atoms with Crippen LogP contribution in [0.4, 0.5) is 0 Å². The van der Waals surface area contributed by atoms with E-state index >= 15 is 0 Å². The predicted molar refractivity (Wildman–Crippen MR) is 49.9 cm³/mol. The minimum atomic E-state index is -3.59. The third-order valence-electron chi connectivity index (χ3n) is 1.81. The molecule has 1 N–H and O–H groups in total. The summed E-state index contributed by atoms with van der Waals surface area (Å²) >= 11 is 0. The quantitative estimate of drug-likeness (QED) is 0.732. The largest absolute Gasteiger partial charge is 0.332 e. The highest BCUT2D eigenvalue weighted by molar-refractivity contribution is 7.88. The molecule has 0 aliphatic rings. The number of aromatic nitrogens is 2. The Hall–Kier alpha value is -0.920. The molecule has 1 rings (SSSR count). The highest BCUT2D eigenvalue weighted by Crippen LogP contribution is 2.11. The Morgan fingerprint density at radius 2 is 2.29 bits per heavy atom. The first-order chi connectivity index (χ1) is 6.52. The van der Waals surface area contributed by atoms with E-state index in [0.29, 0.717) is 12.2 Å². The Balaban J connectivity index is 3.04. The third-order valence-corrected chi connectivity index (χ3v) is 3.40. The summed E-state index contributed by atoms with van der Waals surface area (Å²) < 4.78 is 24.0. The number of sulfonamides is 1. The number of hydrogen-bond acceptors (Lipinski definition) is 4. The number of aryl methyl sites for hydroxylation is 1. The molecule has 0 aromatic carbocycles. The van der Waals surface area contributed by atoms with Crippen LogP contribution < -0.4 is 0 Å². The molecule has 1 heterocycles. The van der Waals surface area contributed by atoms with Gasteiger partial charge in [0, 0.05) is 13.5 Å². The standard InChI is InChI=1S/C7H13N3O3S/c1-4-6-8-5-7(9-6)14(11,12)10(2)13-3/h5H,4H2,1-3H3,(H,8,9). The van der Waals surface area contributed by atoms with Gasteiger partial charge in [0.15, 0.2) is 5.03 Å². The van der Waals surface area contributed by atoms with Crippen LogP contribution in [0.5, 0.6) is 0 Å². The first-order valence-electron chi connectivity index (χ1n) is 4.09. The summed E-state index contributed by atoms with van der Waals surface area (Å²) in [5.41, 5.74) is 0. The van der Waals surface area contributed by atoms with Gasteiger partial charge in [-0.05, 0) is 0 Å². The number of aromatic amines is 1. The van der Waals surface area contributed by atoms with E-state index < -0.39 is 10.0 Å². The maximum absolute atomic E-state index is 11.6. The zero-order valence-corrected chi connectivity index (χ0v) is 9.13. The van der Waals surface area contributed by atoms with Gasteiger partial charge in [-0.15, -0.1) is 0 Å². The van der Waals surface area contributed by atoms with Gasteiger partial charge in [0.2, 0.25) is 0 Å². The van der Waals surface area contributed by atoms with Crippen molar-refractivity contribution >= 4 is 10.0 Å². The van der Waals surface area contributed by atoms with Crippen LogP contribution in [0.15, 0.2) is 11.2 Å². The van der Waals surface area contributed by atoms with E-state index in [2.05, 4.69) is 14.8 Å². The molecule has 0 amide bonds. The molecule has 1 aromatic rings. The summed E-state index contributed by atoms with van der Waals surface area (Å²) in [5, 5.41) is 0.0405. The molecule has 1 aromatic heterocycles. The molecule has 0 aliphatic carbocycles. The summed E-state index contributed by atoms with van der Waals surface area (Å²) in [4.78, 5) is 11.2. The molecule has 0 radical (unpaired) electrons. The summed E-state index contributed by atoms with van der Waals surface area (Å²) in [5.74, 6) is 0.632. The normalized spacial score (nSPS) is 12.3. The molecule has 7 heteroatoms. The summed E-state index contributed by atoms with van der Waals surface area (Å²) in [7, 11) is -0.978. The molecule has 0 bridgehead atoms. The fourth-order valence-electron chi connectivity index (χ4n) is 0.891. The van der Waals surface area contributed by atoms with Crippen molar-refractivity contribution in [3.63, 3.8) is 0 Å². The fraction of sp³-hybridized carbons (Fsp3) is 0.571. The van der Waals surface area contributed by atoms with Crippen molar-refractivity contribution in [2.75, 3.05) is 14.2 Å². The van der Waals surface area contributed by atoms with Gasteiger partial charge in [-0.2, -0.15) is 0 Å². The van der Waals surface area contributed by atoms with E-state index in [1.807, 2.05) is 6.92 Å². The highest BCUT2D eigenvalue weighted by atomic mass is 32.2. The van der Waals surface area contributed by atoms with Crippen molar-refractivity contribution in [1.29, 1.82) is 0 Å². The van der Waals surface area contributed by atoms with E-state index in [-0.39, 0.29) is 5.03 Å². The van der Waals surface area contributed by atoms with Crippen LogP contribution >= 0.6 is 0 Å². The van der Waals surface area contributed by atoms with Gasteiger partial charge in [-0.25, -0.2) is 13.4 Å². The minimum absolute atomic E-state index is 0.0405. The molecule has 0 saturated heterocycles. The van der Waals surface area contributed by atoms with Crippen LogP contribution in [0.25, 0.3) is 0 Å². The fourth-order valence-corrected chi connectivity index (χ4v) is 1.80. The van der Waals surface area contributed by atoms with Crippen molar-refractivity contribution < 1.29 is 13.3 Å². The highest BCUT2D eigenvalue weighted by Gasteiger charge is 2.22. The van der Waals surface area contributed by atoms with Gasteiger partial charge in [0.1, 0.15) is 5.82 Å². The molecule has 0 atom stereocenters. The molecule has 0 aliphatic heterocycles. The third kappa shape index (κ3) is 1.94. The van der Waals surface area contributed by atoms with Gasteiger partial charge in [-0.3, -0.25) is 4.84 Å². The van der Waals surface area contributed by atoms with Crippen molar-refractivity contribution in [2.45, 2.75) is 18.4 Å². The second kappa shape index (κ2) is 4.07. The lowest BCUT2D eigenvalue weighted by molar-refractivity contribution is -0.0260. The molecule has 0 saturated carbocycles. The summed E-state index contributed by atoms with van der Waals surface area (Å²) in [6.07, 6.45) is 1.94. The number of nitrogens with one attached hydrogen (secondary N) is 1. The number of rotatable bonds is 4. The maximum atomic E-state index is 11.6. The smallest absolute Gasteiger partial charge is 0.281 e. The van der Waals surface area contributed by atoms with Crippen molar-refractivity contribution in [3.05, 3.63) is 12.0 Å². The average Bonchev–Trinajstić information content (AvgIpc) is 2.65. The Morgan fingerprint density at radius 3 is 2.71 bits per heavy atom. The lowest BCUT2D eigenvalue weighted by atomic mass is 10.5. The van der Waals surface area contributed by atoms with E-state index in [1.165, 1.54) is 20.4 Å². The van der Waals surface area contributed by atoms with Gasteiger partial charge in [0.25, 0.3) is 10.0 Å². The number of nitrogens with zero attached hydrogens (tertiary/aromatic N) is 2. The number of hydrogen-bond donors (Lipinski definition) is 1. The Labute approximate surface area is 82.9 Å². The zero-order chi connectivity index (χ0) is 10.8. The first-order valence-corrected chi connectivity index (χ1v) is 5.53. The predicted octanol–water partition coefficient (Wildman–Crippen LogP) is 0.154. The van der Waals surface area contributed by atoms with Crippen LogP contribution in [0.1, 0.15) is 12.7 Å². The maximum Gasteiger partial charge on any atom is 0.281 e. The molecule has 0 spiro atoms. The second-order valence-corrected chi connectivity index (χ2v) is 4.55. The average molecular weight is 219 g/mol. The Kier molecular flexibility index (Phi) is 3.25. The van der Waals surface area contributed by atoms with E-state index in [4.69, 9.17) is 0 Å². The number of hydroxylamine groups is 1. The Bertz CT molecular complexity index is 398. The van der Waals surface area contributed by atoms with Crippen molar-refractivity contribution in [3.8, 4) is 0 Å². The first kappa shape index (κ1) is 11.2. The van der Waals surface area contributed by atoms with Crippen LogP contribution in [0.2, 0.25) is 0 Å². The lowest BCUT2D eigenvalue weighted by Gasteiger charge is -2.11. The molecule has 80 valence electrons. The van der Waals surface area contributed by atoms with E-state index in [0.717, 1.165) is 4.47 Å². The molecule has 6 nitrogen and oxygen atoms in total. The minimum Gasteiger partial charge on any atom is -0.332 e. The molecule has 0 fully saturated rings. The van der Waals surface area contributed by atoms with Gasteiger partial charge in [0.05, 0.1) is 13.3 Å². The van der Waals surface area contributed by atoms with E-state index in [9.17, 15) is 8.42 Å². The van der Waals surface area contributed by atoms with Crippen molar-refractivity contribution in [1.82, 2.24) is 14.4 Å². The van der Waals surface area contributed by atoms with Crippen molar-refractivity contribution in [2.24, 2.45) is 0 Å².